The Balaban J connectivity index is 1.71. The van der Waals surface area contributed by atoms with E-state index in [1.54, 1.807) is 12.3 Å². The number of aromatic nitrogens is 2. The molecule has 6 nitrogen and oxygen atoms in total. The van der Waals surface area contributed by atoms with Crippen LogP contribution in [0, 0.1) is 6.92 Å². The zero-order valence-corrected chi connectivity index (χ0v) is 15.0. The van der Waals surface area contributed by atoms with Gasteiger partial charge in [0.1, 0.15) is 5.82 Å². The van der Waals surface area contributed by atoms with E-state index < -0.39 is 9.84 Å². The summed E-state index contributed by atoms with van der Waals surface area (Å²) in [6.45, 7) is 2.02. The van der Waals surface area contributed by atoms with Gasteiger partial charge < -0.3 is 10.6 Å². The summed E-state index contributed by atoms with van der Waals surface area (Å²) in [6, 6.07) is 7.61. The van der Waals surface area contributed by atoms with Crippen LogP contribution in [0.25, 0.3) is 0 Å². The van der Waals surface area contributed by atoms with Crippen molar-refractivity contribution in [3.63, 3.8) is 0 Å². The van der Waals surface area contributed by atoms with Gasteiger partial charge in [0, 0.05) is 22.4 Å². The monoisotopic (exact) mass is 396 g/mol. The number of nitrogens with zero attached hydrogens (tertiary/aromatic N) is 2. The molecule has 1 aromatic heterocycles. The fourth-order valence-corrected chi connectivity index (χ4v) is 4.46. The highest BCUT2D eigenvalue weighted by Crippen LogP contribution is 2.23. The average Bonchev–Trinajstić information content (AvgIpc) is 2.82. The number of rotatable bonds is 4. The van der Waals surface area contributed by atoms with Crippen molar-refractivity contribution >= 4 is 43.2 Å². The van der Waals surface area contributed by atoms with Crippen molar-refractivity contribution in [3.8, 4) is 0 Å². The normalized spacial score (nSPS) is 19.5. The Hall–Kier alpha value is -1.67. The van der Waals surface area contributed by atoms with E-state index in [9.17, 15) is 8.42 Å². The van der Waals surface area contributed by atoms with E-state index in [2.05, 4.69) is 36.5 Å². The summed E-state index contributed by atoms with van der Waals surface area (Å²) in [7, 11) is -2.92. The Bertz CT molecular complexity index is 826. The minimum atomic E-state index is -2.92. The Morgan fingerprint density at radius 2 is 2.13 bits per heavy atom. The highest BCUT2D eigenvalue weighted by atomic mass is 79.9. The SMILES string of the molecule is Cc1ccc(Nc2ccnc(NC3CCS(=O)(=O)C3)n2)cc1Br. The molecule has 0 amide bonds. The molecule has 1 aromatic carbocycles. The van der Waals surface area contributed by atoms with Crippen LogP contribution in [0.3, 0.4) is 0 Å². The summed E-state index contributed by atoms with van der Waals surface area (Å²) in [5.41, 5.74) is 2.07. The van der Waals surface area contributed by atoms with Crippen LogP contribution < -0.4 is 10.6 Å². The minimum Gasteiger partial charge on any atom is -0.350 e. The summed E-state index contributed by atoms with van der Waals surface area (Å²) in [6.07, 6.45) is 2.23. The lowest BCUT2D eigenvalue weighted by atomic mass is 10.2. The largest absolute Gasteiger partial charge is 0.350 e. The highest BCUT2D eigenvalue weighted by molar-refractivity contribution is 9.10. The lowest BCUT2D eigenvalue weighted by Crippen LogP contribution is -2.22. The molecule has 2 aromatic rings. The van der Waals surface area contributed by atoms with E-state index in [1.165, 1.54) is 0 Å². The molecule has 0 spiro atoms. The Kier molecular flexibility index (Phi) is 4.54. The Labute approximate surface area is 143 Å². The van der Waals surface area contributed by atoms with Gasteiger partial charge in [-0.2, -0.15) is 4.98 Å². The van der Waals surface area contributed by atoms with Crippen LogP contribution in [0.5, 0.6) is 0 Å². The molecule has 1 aliphatic heterocycles. The molecule has 0 bridgehead atoms. The van der Waals surface area contributed by atoms with Crippen LogP contribution in [-0.4, -0.2) is 35.9 Å². The fraction of sp³-hybridized carbons (Fsp3) is 0.333. The van der Waals surface area contributed by atoms with Crippen LogP contribution in [0.15, 0.2) is 34.9 Å². The Morgan fingerprint density at radius 1 is 1.30 bits per heavy atom. The molecule has 1 aliphatic rings. The van der Waals surface area contributed by atoms with Crippen molar-refractivity contribution in [1.82, 2.24) is 9.97 Å². The zero-order valence-electron chi connectivity index (χ0n) is 12.6. The van der Waals surface area contributed by atoms with Gasteiger partial charge in [-0.25, -0.2) is 13.4 Å². The van der Waals surface area contributed by atoms with Crippen molar-refractivity contribution in [2.24, 2.45) is 0 Å². The molecule has 1 atom stereocenters. The third kappa shape index (κ3) is 4.20. The second-order valence-corrected chi connectivity index (χ2v) is 8.68. The van der Waals surface area contributed by atoms with Gasteiger partial charge in [-0.3, -0.25) is 0 Å². The predicted octanol–water partition coefficient (Wildman–Crippen LogP) is 2.89. The molecule has 0 radical (unpaired) electrons. The van der Waals surface area contributed by atoms with Crippen molar-refractivity contribution in [1.29, 1.82) is 0 Å². The van der Waals surface area contributed by atoms with Crippen molar-refractivity contribution in [3.05, 3.63) is 40.5 Å². The van der Waals surface area contributed by atoms with E-state index in [-0.39, 0.29) is 17.5 Å². The maximum atomic E-state index is 11.5. The average molecular weight is 397 g/mol. The lowest BCUT2D eigenvalue weighted by Gasteiger charge is -2.12. The van der Waals surface area contributed by atoms with Crippen LogP contribution in [0.1, 0.15) is 12.0 Å². The Morgan fingerprint density at radius 3 is 2.83 bits per heavy atom. The summed E-state index contributed by atoms with van der Waals surface area (Å²) in [4.78, 5) is 8.55. The number of halogens is 1. The van der Waals surface area contributed by atoms with Gasteiger partial charge in [0.15, 0.2) is 9.84 Å². The summed E-state index contributed by atoms with van der Waals surface area (Å²) in [5, 5.41) is 6.31. The predicted molar refractivity (Wildman–Crippen MR) is 94.9 cm³/mol. The standard InChI is InChI=1S/C15H17BrN4O2S/c1-10-2-3-11(8-13(10)16)18-14-4-6-17-15(20-14)19-12-5-7-23(21,22)9-12/h2-4,6,8,12H,5,7,9H2,1H3,(H2,17,18,19,20). The smallest absolute Gasteiger partial charge is 0.224 e. The van der Waals surface area contributed by atoms with Gasteiger partial charge in [0.25, 0.3) is 0 Å². The van der Waals surface area contributed by atoms with E-state index in [4.69, 9.17) is 0 Å². The molecule has 1 fully saturated rings. The molecule has 23 heavy (non-hydrogen) atoms. The topological polar surface area (TPSA) is 84.0 Å². The first kappa shape index (κ1) is 16.2. The molecule has 2 N–H and O–H groups in total. The number of benzene rings is 1. The van der Waals surface area contributed by atoms with Crippen LogP contribution in [0.4, 0.5) is 17.5 Å². The molecule has 122 valence electrons. The van der Waals surface area contributed by atoms with Crippen LogP contribution >= 0.6 is 15.9 Å². The van der Waals surface area contributed by atoms with Crippen molar-refractivity contribution in [2.45, 2.75) is 19.4 Å². The first-order chi connectivity index (χ1) is 10.9. The summed E-state index contributed by atoms with van der Waals surface area (Å²) >= 11 is 3.50. The van der Waals surface area contributed by atoms with Gasteiger partial charge in [0.2, 0.25) is 5.95 Å². The second-order valence-electron chi connectivity index (χ2n) is 5.60. The third-order valence-electron chi connectivity index (χ3n) is 3.67. The third-order valence-corrected chi connectivity index (χ3v) is 6.29. The van der Waals surface area contributed by atoms with E-state index in [0.29, 0.717) is 18.2 Å². The quantitative estimate of drug-likeness (QED) is 0.826. The number of nitrogens with one attached hydrogen (secondary N) is 2. The number of sulfone groups is 1. The number of hydrogen-bond acceptors (Lipinski definition) is 6. The molecular formula is C15H17BrN4O2S. The molecule has 0 aliphatic carbocycles. The van der Waals surface area contributed by atoms with Crippen molar-refractivity contribution in [2.75, 3.05) is 22.1 Å². The van der Waals surface area contributed by atoms with Gasteiger partial charge in [-0.05, 0) is 37.1 Å². The van der Waals surface area contributed by atoms with Crippen LogP contribution in [0.2, 0.25) is 0 Å². The molecule has 8 heteroatoms. The zero-order chi connectivity index (χ0) is 16.4. The van der Waals surface area contributed by atoms with E-state index >= 15 is 0 Å². The van der Waals surface area contributed by atoms with Gasteiger partial charge >= 0.3 is 0 Å². The highest BCUT2D eigenvalue weighted by Gasteiger charge is 2.28. The van der Waals surface area contributed by atoms with Gasteiger partial charge in [-0.1, -0.05) is 22.0 Å². The molecular weight excluding hydrogens is 380 g/mol. The lowest BCUT2D eigenvalue weighted by molar-refractivity contribution is 0.602. The number of aryl methyl sites for hydroxylation is 1. The minimum absolute atomic E-state index is 0.122. The second kappa shape index (κ2) is 6.45. The van der Waals surface area contributed by atoms with E-state index in [0.717, 1.165) is 15.7 Å². The maximum Gasteiger partial charge on any atom is 0.224 e. The number of hydrogen-bond donors (Lipinski definition) is 2. The van der Waals surface area contributed by atoms with Crippen LogP contribution in [-0.2, 0) is 9.84 Å². The maximum absolute atomic E-state index is 11.5. The van der Waals surface area contributed by atoms with Gasteiger partial charge in [0.05, 0.1) is 11.5 Å². The number of anilines is 3. The molecule has 1 saturated heterocycles. The first-order valence-corrected chi connectivity index (χ1v) is 9.86. The van der Waals surface area contributed by atoms with E-state index in [1.807, 2.05) is 25.1 Å². The van der Waals surface area contributed by atoms with Gasteiger partial charge in [-0.15, -0.1) is 0 Å². The van der Waals surface area contributed by atoms with Crippen molar-refractivity contribution < 1.29 is 8.42 Å². The molecule has 2 heterocycles. The summed E-state index contributed by atoms with van der Waals surface area (Å²) in [5.74, 6) is 1.45. The fourth-order valence-electron chi connectivity index (χ4n) is 2.41. The summed E-state index contributed by atoms with van der Waals surface area (Å²) < 4.78 is 24.0. The first-order valence-electron chi connectivity index (χ1n) is 7.24. The molecule has 0 saturated carbocycles. The molecule has 3 rings (SSSR count). The molecule has 1 unspecified atom stereocenters.